The van der Waals surface area contributed by atoms with Crippen molar-refractivity contribution in [2.24, 2.45) is 0 Å². The number of oxazole rings is 1. The molecule has 0 saturated carbocycles. The third-order valence-electron chi connectivity index (χ3n) is 2.40. The number of Topliss-reactive ketones (excluding diaryl/α,β-unsaturated/α-hetero) is 1. The van der Waals surface area contributed by atoms with E-state index in [2.05, 4.69) is 9.97 Å². The van der Waals surface area contributed by atoms with Crippen LogP contribution in [-0.2, 0) is 6.54 Å². The Morgan fingerprint density at radius 2 is 2.22 bits per heavy atom. The van der Waals surface area contributed by atoms with Crippen LogP contribution in [0, 0.1) is 6.92 Å². The number of aromatic amines is 1. The molecule has 0 atom stereocenters. The smallest absolute Gasteiger partial charge is 0.328 e. The van der Waals surface area contributed by atoms with E-state index in [0.29, 0.717) is 5.76 Å². The van der Waals surface area contributed by atoms with Gasteiger partial charge in [-0.2, -0.15) is 0 Å². The number of ketones is 1. The molecule has 7 heteroatoms. The molecule has 0 saturated heterocycles. The van der Waals surface area contributed by atoms with Gasteiger partial charge in [-0.3, -0.25) is 14.2 Å². The molecule has 2 aromatic heterocycles. The van der Waals surface area contributed by atoms with E-state index in [-0.39, 0.29) is 18.0 Å². The van der Waals surface area contributed by atoms with E-state index in [0.717, 1.165) is 10.8 Å². The predicted octanol–water partition coefficient (Wildman–Crippen LogP) is 0.0839. The Morgan fingerprint density at radius 1 is 1.50 bits per heavy atom. The lowest BCUT2D eigenvalue weighted by Crippen LogP contribution is -2.38. The molecule has 0 radical (unpaired) electrons. The number of carbonyl (C=O) groups is 1. The van der Waals surface area contributed by atoms with Gasteiger partial charge < -0.3 is 9.40 Å². The second-order valence-electron chi connectivity index (χ2n) is 3.82. The Labute approximate surface area is 101 Å². The fourth-order valence-electron chi connectivity index (χ4n) is 1.52. The number of aryl methyl sites for hydroxylation is 1. The molecule has 94 valence electrons. The van der Waals surface area contributed by atoms with Gasteiger partial charge >= 0.3 is 5.69 Å². The van der Waals surface area contributed by atoms with Crippen molar-refractivity contribution in [2.45, 2.75) is 20.4 Å². The molecule has 0 spiro atoms. The number of H-pyrrole nitrogens is 1. The summed E-state index contributed by atoms with van der Waals surface area (Å²) in [4.78, 5) is 40.9. The van der Waals surface area contributed by atoms with Crippen molar-refractivity contribution in [3.05, 3.63) is 50.4 Å². The number of nitrogens with one attached hydrogen (secondary N) is 1. The summed E-state index contributed by atoms with van der Waals surface area (Å²) in [5.74, 6) is 0.409. The molecule has 7 nitrogen and oxygen atoms in total. The molecule has 0 amide bonds. The Morgan fingerprint density at radius 3 is 2.78 bits per heavy atom. The van der Waals surface area contributed by atoms with Crippen LogP contribution in [-0.4, -0.2) is 20.3 Å². The van der Waals surface area contributed by atoms with Crippen molar-refractivity contribution in [1.82, 2.24) is 14.5 Å². The van der Waals surface area contributed by atoms with Crippen molar-refractivity contribution in [3.8, 4) is 0 Å². The molecule has 2 rings (SSSR count). The van der Waals surface area contributed by atoms with Crippen LogP contribution in [0.25, 0.3) is 0 Å². The third kappa shape index (κ3) is 2.15. The average molecular weight is 249 g/mol. The Kier molecular flexibility index (Phi) is 2.97. The monoisotopic (exact) mass is 249 g/mol. The first-order chi connectivity index (χ1) is 8.49. The SMILES string of the molecule is CC(=O)c1c[nH]c(=O)n(Cc2ncc(C)o2)c1=O. The van der Waals surface area contributed by atoms with Crippen molar-refractivity contribution in [1.29, 1.82) is 0 Å². The Balaban J connectivity index is 2.50. The highest BCUT2D eigenvalue weighted by Gasteiger charge is 2.13. The van der Waals surface area contributed by atoms with Crippen LogP contribution < -0.4 is 11.2 Å². The molecule has 2 aromatic rings. The van der Waals surface area contributed by atoms with Gasteiger partial charge in [0.1, 0.15) is 12.3 Å². The number of hydrogen-bond acceptors (Lipinski definition) is 5. The van der Waals surface area contributed by atoms with E-state index in [1.807, 2.05) is 0 Å². The normalized spacial score (nSPS) is 10.6. The van der Waals surface area contributed by atoms with Gasteiger partial charge in [-0.1, -0.05) is 0 Å². The highest BCUT2D eigenvalue weighted by molar-refractivity contribution is 5.93. The number of aromatic nitrogens is 3. The van der Waals surface area contributed by atoms with E-state index < -0.39 is 17.0 Å². The van der Waals surface area contributed by atoms with Gasteiger partial charge in [-0.15, -0.1) is 0 Å². The van der Waals surface area contributed by atoms with Crippen molar-refractivity contribution in [2.75, 3.05) is 0 Å². The topological polar surface area (TPSA) is 98.0 Å². The zero-order chi connectivity index (χ0) is 13.3. The minimum Gasteiger partial charge on any atom is -0.444 e. The summed E-state index contributed by atoms with van der Waals surface area (Å²) in [6, 6.07) is 0. The molecule has 0 fully saturated rings. The molecule has 0 bridgehead atoms. The lowest BCUT2D eigenvalue weighted by molar-refractivity contribution is 0.101. The van der Waals surface area contributed by atoms with Gasteiger partial charge in [0.25, 0.3) is 5.56 Å². The van der Waals surface area contributed by atoms with E-state index >= 15 is 0 Å². The summed E-state index contributed by atoms with van der Waals surface area (Å²) in [5.41, 5.74) is -1.33. The maximum atomic E-state index is 11.9. The second-order valence-corrected chi connectivity index (χ2v) is 3.82. The minimum atomic E-state index is -0.651. The van der Waals surface area contributed by atoms with Gasteiger partial charge in [-0.05, 0) is 13.8 Å². The predicted molar refractivity (Wildman–Crippen MR) is 61.7 cm³/mol. The number of rotatable bonds is 3. The second kappa shape index (κ2) is 4.44. The molecular formula is C11H11N3O4. The van der Waals surface area contributed by atoms with Crippen molar-refractivity contribution < 1.29 is 9.21 Å². The lowest BCUT2D eigenvalue weighted by atomic mass is 10.2. The highest BCUT2D eigenvalue weighted by Crippen LogP contribution is 2.01. The molecule has 18 heavy (non-hydrogen) atoms. The summed E-state index contributed by atoms with van der Waals surface area (Å²) in [6.07, 6.45) is 2.60. The fraction of sp³-hybridized carbons (Fsp3) is 0.273. The summed E-state index contributed by atoms with van der Waals surface area (Å²) >= 11 is 0. The van der Waals surface area contributed by atoms with Crippen molar-refractivity contribution >= 4 is 5.78 Å². The van der Waals surface area contributed by atoms with Crippen molar-refractivity contribution in [3.63, 3.8) is 0 Å². The molecule has 1 N–H and O–H groups in total. The zero-order valence-electron chi connectivity index (χ0n) is 9.89. The van der Waals surface area contributed by atoms with Gasteiger partial charge in [0, 0.05) is 6.20 Å². The van der Waals surface area contributed by atoms with Crippen LogP contribution in [0.1, 0.15) is 28.9 Å². The minimum absolute atomic E-state index is 0.0714. The summed E-state index contributed by atoms with van der Waals surface area (Å²) in [5, 5.41) is 0. The maximum Gasteiger partial charge on any atom is 0.328 e. The van der Waals surface area contributed by atoms with Crippen LogP contribution in [0.15, 0.2) is 26.4 Å². The van der Waals surface area contributed by atoms with E-state index in [1.54, 1.807) is 6.92 Å². The standard InChI is InChI=1S/C11H11N3O4/c1-6-3-12-9(18-6)5-14-10(16)8(7(2)15)4-13-11(14)17/h3-4H,5H2,1-2H3,(H,13,17). The van der Waals surface area contributed by atoms with Gasteiger partial charge in [0.05, 0.1) is 11.8 Å². The molecule has 0 unspecified atom stereocenters. The van der Waals surface area contributed by atoms with Crippen LogP contribution in [0.4, 0.5) is 0 Å². The van der Waals surface area contributed by atoms with Gasteiger partial charge in [-0.25, -0.2) is 9.78 Å². The van der Waals surface area contributed by atoms with Crippen LogP contribution in [0.5, 0.6) is 0 Å². The zero-order valence-corrected chi connectivity index (χ0v) is 9.89. The third-order valence-corrected chi connectivity index (χ3v) is 2.40. The first-order valence-corrected chi connectivity index (χ1v) is 5.24. The Hall–Kier alpha value is -2.44. The first-order valence-electron chi connectivity index (χ1n) is 5.24. The molecular weight excluding hydrogens is 238 g/mol. The summed E-state index contributed by atoms with van der Waals surface area (Å²) < 4.78 is 6.07. The quantitative estimate of drug-likeness (QED) is 0.777. The number of carbonyl (C=O) groups excluding carboxylic acids is 1. The summed E-state index contributed by atoms with van der Waals surface area (Å²) in [7, 11) is 0. The molecule has 0 aromatic carbocycles. The largest absolute Gasteiger partial charge is 0.444 e. The van der Waals surface area contributed by atoms with Crippen LogP contribution in [0.2, 0.25) is 0 Å². The van der Waals surface area contributed by atoms with E-state index in [9.17, 15) is 14.4 Å². The van der Waals surface area contributed by atoms with E-state index in [4.69, 9.17) is 4.42 Å². The molecule has 2 heterocycles. The fourth-order valence-corrected chi connectivity index (χ4v) is 1.52. The molecule has 0 aliphatic rings. The number of hydrogen-bond donors (Lipinski definition) is 1. The lowest BCUT2D eigenvalue weighted by Gasteiger charge is -2.02. The molecule has 0 aliphatic carbocycles. The maximum absolute atomic E-state index is 11.9. The highest BCUT2D eigenvalue weighted by atomic mass is 16.4. The van der Waals surface area contributed by atoms with Crippen LogP contribution in [0.3, 0.4) is 0 Å². The average Bonchev–Trinajstić information content (AvgIpc) is 2.69. The molecule has 0 aliphatic heterocycles. The van der Waals surface area contributed by atoms with E-state index in [1.165, 1.54) is 13.1 Å². The first kappa shape index (κ1) is 12.0. The van der Waals surface area contributed by atoms with Crippen LogP contribution >= 0.6 is 0 Å². The van der Waals surface area contributed by atoms with Gasteiger partial charge in [0.15, 0.2) is 5.78 Å². The summed E-state index contributed by atoms with van der Waals surface area (Å²) in [6.45, 7) is 2.85. The Bertz CT molecular complexity index is 708. The van der Waals surface area contributed by atoms with Gasteiger partial charge in [0.2, 0.25) is 5.89 Å². The number of nitrogens with zero attached hydrogens (tertiary/aromatic N) is 2.